The van der Waals surface area contributed by atoms with E-state index >= 15 is 0 Å². The highest BCUT2D eigenvalue weighted by molar-refractivity contribution is 5.84. The zero-order valence-corrected chi connectivity index (χ0v) is 19.2. The summed E-state index contributed by atoms with van der Waals surface area (Å²) >= 11 is 0. The molecule has 1 saturated heterocycles. The fourth-order valence-electron chi connectivity index (χ4n) is 4.45. The highest BCUT2D eigenvalue weighted by atomic mass is 16.5. The zero-order valence-electron chi connectivity index (χ0n) is 19.2. The largest absolute Gasteiger partial charge is 0.495 e. The standard InChI is InChI=1S/C25H25N7O3/c1-34-23-11-18(4-5-22(23)31-8-9-35-19(13-31)15-33)28-24-25-26-6-7-32(25)14-21(29-24)16-2-3-17-12-27-30-20(17)10-16/h2-7,10-12,14,19,33H,8-9,13,15H2,1H3,(H,27,30)(H,28,29). The number of hydrogen-bond donors (Lipinski definition) is 3. The van der Waals surface area contributed by atoms with Gasteiger partial charge in [-0.05, 0) is 18.2 Å². The van der Waals surface area contributed by atoms with Crippen molar-refractivity contribution >= 4 is 33.7 Å². The number of nitrogens with one attached hydrogen (secondary N) is 2. The molecule has 0 bridgehead atoms. The van der Waals surface area contributed by atoms with E-state index in [1.807, 2.05) is 53.2 Å². The molecule has 6 rings (SSSR count). The second-order valence-corrected chi connectivity index (χ2v) is 8.44. The van der Waals surface area contributed by atoms with Gasteiger partial charge in [0.15, 0.2) is 11.5 Å². The van der Waals surface area contributed by atoms with Gasteiger partial charge in [-0.25, -0.2) is 9.97 Å². The summed E-state index contributed by atoms with van der Waals surface area (Å²) in [6.07, 6.45) is 7.22. The molecule has 35 heavy (non-hydrogen) atoms. The molecule has 1 unspecified atom stereocenters. The van der Waals surface area contributed by atoms with E-state index in [9.17, 15) is 5.11 Å². The van der Waals surface area contributed by atoms with Crippen LogP contribution in [0.3, 0.4) is 0 Å². The van der Waals surface area contributed by atoms with E-state index in [1.54, 1.807) is 19.5 Å². The van der Waals surface area contributed by atoms with Gasteiger partial charge in [-0.2, -0.15) is 5.10 Å². The van der Waals surface area contributed by atoms with Crippen molar-refractivity contribution in [2.24, 2.45) is 0 Å². The van der Waals surface area contributed by atoms with Gasteiger partial charge in [0.1, 0.15) is 5.75 Å². The SMILES string of the molecule is COc1cc(Nc2nc(-c3ccc4cn[nH]c4c3)cn3ccnc23)ccc1N1CCOC(CO)C1. The Labute approximate surface area is 201 Å². The fraction of sp³-hybridized carbons (Fsp3) is 0.240. The number of benzene rings is 2. The third-order valence-electron chi connectivity index (χ3n) is 6.24. The predicted molar refractivity (Wildman–Crippen MR) is 133 cm³/mol. The van der Waals surface area contributed by atoms with Gasteiger partial charge < -0.3 is 29.2 Å². The van der Waals surface area contributed by atoms with Crippen LogP contribution in [0.15, 0.2) is 61.2 Å². The monoisotopic (exact) mass is 471 g/mol. The van der Waals surface area contributed by atoms with Gasteiger partial charge in [-0.3, -0.25) is 5.10 Å². The number of morpholine rings is 1. The summed E-state index contributed by atoms with van der Waals surface area (Å²) in [5.74, 6) is 1.37. The van der Waals surface area contributed by atoms with Crippen molar-refractivity contribution in [2.75, 3.05) is 43.6 Å². The minimum atomic E-state index is -0.201. The van der Waals surface area contributed by atoms with E-state index in [2.05, 4.69) is 25.4 Å². The summed E-state index contributed by atoms with van der Waals surface area (Å²) in [6, 6.07) is 12.1. The molecule has 0 spiro atoms. The average molecular weight is 472 g/mol. The summed E-state index contributed by atoms with van der Waals surface area (Å²) in [5, 5.41) is 21.1. The minimum Gasteiger partial charge on any atom is -0.495 e. The fourth-order valence-corrected chi connectivity index (χ4v) is 4.45. The Kier molecular flexibility index (Phi) is 5.44. The maximum Gasteiger partial charge on any atom is 0.180 e. The van der Waals surface area contributed by atoms with Crippen LogP contribution in [0.25, 0.3) is 27.8 Å². The van der Waals surface area contributed by atoms with Gasteiger partial charge >= 0.3 is 0 Å². The van der Waals surface area contributed by atoms with Gasteiger partial charge in [0.25, 0.3) is 0 Å². The molecule has 3 N–H and O–H groups in total. The first-order valence-electron chi connectivity index (χ1n) is 11.4. The quantitative estimate of drug-likeness (QED) is 0.346. The molecule has 0 radical (unpaired) electrons. The van der Waals surface area contributed by atoms with Gasteiger partial charge in [-0.15, -0.1) is 0 Å². The first-order valence-corrected chi connectivity index (χ1v) is 11.4. The van der Waals surface area contributed by atoms with Crippen LogP contribution >= 0.6 is 0 Å². The van der Waals surface area contributed by atoms with Crippen LogP contribution in [0.1, 0.15) is 0 Å². The molecule has 1 aliphatic rings. The van der Waals surface area contributed by atoms with E-state index < -0.39 is 0 Å². The second-order valence-electron chi connectivity index (χ2n) is 8.44. The zero-order chi connectivity index (χ0) is 23.8. The number of H-pyrrole nitrogens is 1. The van der Waals surface area contributed by atoms with Crippen molar-refractivity contribution in [3.8, 4) is 17.0 Å². The maximum atomic E-state index is 9.49. The van der Waals surface area contributed by atoms with E-state index in [4.69, 9.17) is 14.5 Å². The lowest BCUT2D eigenvalue weighted by atomic mass is 10.1. The molecule has 4 heterocycles. The van der Waals surface area contributed by atoms with Crippen molar-refractivity contribution in [1.29, 1.82) is 0 Å². The van der Waals surface area contributed by atoms with Crippen LogP contribution in [0.2, 0.25) is 0 Å². The molecule has 1 atom stereocenters. The molecular formula is C25H25N7O3. The molecule has 3 aromatic heterocycles. The lowest BCUT2D eigenvalue weighted by Crippen LogP contribution is -2.44. The van der Waals surface area contributed by atoms with Crippen molar-refractivity contribution in [2.45, 2.75) is 6.10 Å². The highest BCUT2D eigenvalue weighted by Gasteiger charge is 2.22. The van der Waals surface area contributed by atoms with Crippen LogP contribution in [0.5, 0.6) is 5.75 Å². The van der Waals surface area contributed by atoms with Gasteiger partial charge in [0.05, 0.1) is 49.5 Å². The number of rotatable bonds is 6. The molecule has 10 nitrogen and oxygen atoms in total. The number of aromatic nitrogens is 5. The number of hydrogen-bond acceptors (Lipinski definition) is 8. The Bertz CT molecular complexity index is 1500. The lowest BCUT2D eigenvalue weighted by molar-refractivity contribution is 0.00347. The summed E-state index contributed by atoms with van der Waals surface area (Å²) in [6.45, 7) is 1.90. The number of anilines is 3. The Balaban J connectivity index is 1.34. The lowest BCUT2D eigenvalue weighted by Gasteiger charge is -2.34. The van der Waals surface area contributed by atoms with Gasteiger partial charge in [0.2, 0.25) is 0 Å². The Hall–Kier alpha value is -4.15. The predicted octanol–water partition coefficient (Wildman–Crippen LogP) is 3.22. The van der Waals surface area contributed by atoms with Gasteiger partial charge in [0, 0.05) is 54.4 Å². The van der Waals surface area contributed by atoms with Crippen molar-refractivity contribution in [1.82, 2.24) is 24.6 Å². The third kappa shape index (κ3) is 4.02. The Morgan fingerprint density at radius 2 is 2.20 bits per heavy atom. The summed E-state index contributed by atoms with van der Waals surface area (Å²) < 4.78 is 13.3. The number of ether oxygens (including phenoxy) is 2. The van der Waals surface area contributed by atoms with Crippen LogP contribution in [0.4, 0.5) is 17.2 Å². The summed E-state index contributed by atoms with van der Waals surface area (Å²) in [7, 11) is 1.66. The number of nitrogens with zero attached hydrogens (tertiary/aromatic N) is 5. The van der Waals surface area contributed by atoms with E-state index in [0.29, 0.717) is 19.0 Å². The first kappa shape index (κ1) is 21.4. The molecule has 0 amide bonds. The van der Waals surface area contributed by atoms with Gasteiger partial charge in [-0.1, -0.05) is 12.1 Å². The normalized spacial score (nSPS) is 16.2. The Morgan fingerprint density at radius 3 is 3.09 bits per heavy atom. The van der Waals surface area contributed by atoms with Crippen molar-refractivity contribution in [3.05, 3.63) is 61.2 Å². The topological polar surface area (TPSA) is 113 Å². The minimum absolute atomic E-state index is 0.00587. The van der Waals surface area contributed by atoms with Crippen LogP contribution in [-0.2, 0) is 4.74 Å². The average Bonchev–Trinajstić information content (AvgIpc) is 3.57. The number of aromatic amines is 1. The van der Waals surface area contributed by atoms with E-state index in [-0.39, 0.29) is 12.7 Å². The number of aliphatic hydroxyl groups excluding tert-OH is 1. The second kappa shape index (κ2) is 8.90. The molecular weight excluding hydrogens is 446 g/mol. The molecule has 5 aromatic rings. The van der Waals surface area contributed by atoms with Crippen LogP contribution in [-0.4, -0.2) is 69.2 Å². The number of fused-ring (bicyclic) bond motifs is 2. The van der Waals surface area contributed by atoms with Crippen LogP contribution in [0, 0.1) is 0 Å². The smallest absolute Gasteiger partial charge is 0.180 e. The molecule has 1 fully saturated rings. The molecule has 2 aromatic carbocycles. The number of imidazole rings is 1. The third-order valence-corrected chi connectivity index (χ3v) is 6.24. The molecule has 178 valence electrons. The summed E-state index contributed by atoms with van der Waals surface area (Å²) in [5.41, 5.74) is 5.24. The van der Waals surface area contributed by atoms with Crippen molar-refractivity contribution < 1.29 is 14.6 Å². The first-order chi connectivity index (χ1) is 17.2. The van der Waals surface area contributed by atoms with E-state index in [1.165, 1.54) is 0 Å². The van der Waals surface area contributed by atoms with E-state index in [0.717, 1.165) is 51.5 Å². The maximum absolute atomic E-state index is 9.49. The molecule has 10 heteroatoms. The van der Waals surface area contributed by atoms with Crippen molar-refractivity contribution in [3.63, 3.8) is 0 Å². The number of methoxy groups -OCH3 is 1. The molecule has 0 saturated carbocycles. The highest BCUT2D eigenvalue weighted by Crippen LogP contribution is 2.34. The van der Waals surface area contributed by atoms with Crippen LogP contribution < -0.4 is 15.0 Å². The molecule has 0 aliphatic carbocycles. The Morgan fingerprint density at radius 1 is 1.26 bits per heavy atom. The number of aliphatic hydroxyl groups is 1. The molecule has 1 aliphatic heterocycles. The summed E-state index contributed by atoms with van der Waals surface area (Å²) in [4.78, 5) is 11.6.